The molecule has 2 N–H and O–H groups in total. The van der Waals surface area contributed by atoms with Gasteiger partial charge in [-0.3, -0.25) is 0 Å². The monoisotopic (exact) mass is 216 g/mol. The zero-order valence-corrected chi connectivity index (χ0v) is 8.84. The van der Waals surface area contributed by atoms with Crippen LogP contribution in [0.3, 0.4) is 0 Å². The summed E-state index contributed by atoms with van der Waals surface area (Å²) in [4.78, 5) is 0. The van der Waals surface area contributed by atoms with Crippen LogP contribution in [0.4, 0.5) is 0 Å². The van der Waals surface area contributed by atoms with E-state index in [1.165, 1.54) is 6.07 Å². The lowest BCUT2D eigenvalue weighted by Crippen LogP contribution is -1.83. The fourth-order valence-corrected chi connectivity index (χ4v) is 1.53. The lowest BCUT2D eigenvalue weighted by Gasteiger charge is -2.06. The fourth-order valence-electron chi connectivity index (χ4n) is 1.53. The van der Waals surface area contributed by atoms with Gasteiger partial charge in [0.2, 0.25) is 0 Å². The van der Waals surface area contributed by atoms with Gasteiger partial charge >= 0.3 is 0 Å². The van der Waals surface area contributed by atoms with Crippen LogP contribution in [0.2, 0.25) is 0 Å². The fraction of sp³-hybridized carbons (Fsp3) is 0.0769. The predicted octanol–water partition coefficient (Wildman–Crippen LogP) is 2.77. The zero-order valence-electron chi connectivity index (χ0n) is 8.84. The summed E-state index contributed by atoms with van der Waals surface area (Å²) < 4.78 is 5.05. The normalized spacial score (nSPS) is 10.1. The zero-order chi connectivity index (χ0) is 11.5. The molecule has 0 spiro atoms. The van der Waals surface area contributed by atoms with Crippen LogP contribution in [-0.2, 0) is 0 Å². The highest BCUT2D eigenvalue weighted by Gasteiger charge is 2.04. The predicted molar refractivity (Wildman–Crippen MR) is 61.8 cm³/mol. The van der Waals surface area contributed by atoms with Crippen molar-refractivity contribution in [2.45, 2.75) is 0 Å². The van der Waals surface area contributed by atoms with E-state index in [-0.39, 0.29) is 11.5 Å². The Bertz CT molecular complexity index is 489. The lowest BCUT2D eigenvalue weighted by molar-refractivity contribution is 0.415. The summed E-state index contributed by atoms with van der Waals surface area (Å²) in [6, 6.07) is 11.9. The van der Waals surface area contributed by atoms with Gasteiger partial charge < -0.3 is 14.9 Å². The van der Waals surface area contributed by atoms with Gasteiger partial charge in [-0.25, -0.2) is 0 Å². The highest BCUT2D eigenvalue weighted by atomic mass is 16.5. The molecule has 2 aromatic carbocycles. The molecule has 0 heterocycles. The smallest absolute Gasteiger partial charge is 0.127 e. The minimum atomic E-state index is 0.0507. The molecule has 82 valence electrons. The molecule has 0 amide bonds. The maximum absolute atomic E-state index is 9.68. The first-order valence-corrected chi connectivity index (χ1v) is 4.87. The average molecular weight is 216 g/mol. The second kappa shape index (κ2) is 4.14. The number of ether oxygens (including phenoxy) is 1. The number of phenols is 2. The molecule has 0 aliphatic heterocycles. The van der Waals surface area contributed by atoms with Gasteiger partial charge in [-0.1, -0.05) is 12.1 Å². The number of benzene rings is 2. The molecule has 3 heteroatoms. The van der Waals surface area contributed by atoms with Gasteiger partial charge in [0.1, 0.15) is 17.2 Å². The summed E-state index contributed by atoms with van der Waals surface area (Å²) in [6.45, 7) is 0. The Kier molecular flexibility index (Phi) is 2.68. The van der Waals surface area contributed by atoms with Gasteiger partial charge in [-0.05, 0) is 29.8 Å². The molecule has 0 aliphatic rings. The molecule has 3 nitrogen and oxygen atoms in total. The van der Waals surface area contributed by atoms with Crippen LogP contribution in [0.15, 0.2) is 42.5 Å². The minimum absolute atomic E-state index is 0.0507. The van der Waals surface area contributed by atoms with Crippen molar-refractivity contribution in [1.29, 1.82) is 0 Å². The van der Waals surface area contributed by atoms with Crippen LogP contribution in [0, 0.1) is 0 Å². The summed E-state index contributed by atoms with van der Waals surface area (Å²) in [7, 11) is 1.60. The maximum atomic E-state index is 9.68. The van der Waals surface area contributed by atoms with E-state index in [0.29, 0.717) is 5.56 Å². The van der Waals surface area contributed by atoms with Crippen molar-refractivity contribution in [3.63, 3.8) is 0 Å². The molecule has 0 aliphatic carbocycles. The third-order valence-electron chi connectivity index (χ3n) is 2.38. The van der Waals surface area contributed by atoms with E-state index < -0.39 is 0 Å². The van der Waals surface area contributed by atoms with E-state index >= 15 is 0 Å². The van der Waals surface area contributed by atoms with Crippen LogP contribution >= 0.6 is 0 Å². The molecular weight excluding hydrogens is 204 g/mol. The van der Waals surface area contributed by atoms with Crippen LogP contribution in [-0.4, -0.2) is 17.3 Å². The second-order valence-electron chi connectivity index (χ2n) is 3.43. The highest BCUT2D eigenvalue weighted by molar-refractivity contribution is 5.71. The Morgan fingerprint density at radius 1 is 0.938 bits per heavy atom. The van der Waals surface area contributed by atoms with Crippen molar-refractivity contribution < 1.29 is 14.9 Å². The number of hydrogen-bond acceptors (Lipinski definition) is 3. The van der Waals surface area contributed by atoms with Crippen LogP contribution in [0.1, 0.15) is 0 Å². The summed E-state index contributed by atoms with van der Waals surface area (Å²) in [5.41, 5.74) is 1.55. The Hall–Kier alpha value is -2.16. The van der Waals surface area contributed by atoms with Crippen molar-refractivity contribution in [3.8, 4) is 28.4 Å². The summed E-state index contributed by atoms with van der Waals surface area (Å²) in [5, 5.41) is 18.9. The van der Waals surface area contributed by atoms with Crippen molar-refractivity contribution in [3.05, 3.63) is 42.5 Å². The Morgan fingerprint density at radius 2 is 1.62 bits per heavy atom. The third-order valence-corrected chi connectivity index (χ3v) is 2.38. The second-order valence-corrected chi connectivity index (χ2v) is 3.43. The molecule has 0 aromatic heterocycles. The standard InChI is InChI=1S/C13H12O3/c1-16-11-5-2-9(3-6-11)12-7-4-10(14)8-13(12)15/h2-8,14-15H,1H3. The van der Waals surface area contributed by atoms with Crippen molar-refractivity contribution >= 4 is 0 Å². The highest BCUT2D eigenvalue weighted by Crippen LogP contribution is 2.32. The van der Waals surface area contributed by atoms with Crippen molar-refractivity contribution in [2.24, 2.45) is 0 Å². The molecule has 0 atom stereocenters. The van der Waals surface area contributed by atoms with Crippen molar-refractivity contribution in [1.82, 2.24) is 0 Å². The molecule has 0 radical (unpaired) electrons. The number of hydrogen-bond donors (Lipinski definition) is 2. The van der Waals surface area contributed by atoms with E-state index in [1.54, 1.807) is 19.2 Å². The van der Waals surface area contributed by atoms with Gasteiger partial charge in [0.05, 0.1) is 7.11 Å². The quantitative estimate of drug-likeness (QED) is 0.811. The van der Waals surface area contributed by atoms with Gasteiger partial charge in [-0.2, -0.15) is 0 Å². The molecule has 2 aromatic rings. The Labute approximate surface area is 93.6 Å². The molecule has 0 saturated heterocycles. The topological polar surface area (TPSA) is 49.7 Å². The van der Waals surface area contributed by atoms with Gasteiger partial charge in [-0.15, -0.1) is 0 Å². The third kappa shape index (κ3) is 1.93. The molecule has 0 fully saturated rings. The molecule has 2 rings (SSSR count). The van der Waals surface area contributed by atoms with E-state index in [1.807, 2.05) is 24.3 Å². The Balaban J connectivity index is 2.42. The SMILES string of the molecule is COc1ccc(-c2ccc(O)cc2O)cc1. The maximum Gasteiger partial charge on any atom is 0.127 e. The summed E-state index contributed by atoms with van der Waals surface area (Å²) in [6.07, 6.45) is 0. The molecule has 0 saturated carbocycles. The molecule has 0 unspecified atom stereocenters. The van der Waals surface area contributed by atoms with Crippen LogP contribution in [0.25, 0.3) is 11.1 Å². The van der Waals surface area contributed by atoms with Gasteiger partial charge in [0.15, 0.2) is 0 Å². The number of phenolic OH excluding ortho intramolecular Hbond substituents is 2. The first-order valence-electron chi connectivity index (χ1n) is 4.87. The molecular formula is C13H12O3. The van der Waals surface area contributed by atoms with Gasteiger partial charge in [0, 0.05) is 11.6 Å². The number of rotatable bonds is 2. The van der Waals surface area contributed by atoms with E-state index in [2.05, 4.69) is 0 Å². The minimum Gasteiger partial charge on any atom is -0.508 e. The Morgan fingerprint density at radius 3 is 2.19 bits per heavy atom. The molecule has 16 heavy (non-hydrogen) atoms. The first-order chi connectivity index (χ1) is 7.70. The summed E-state index contributed by atoms with van der Waals surface area (Å²) in [5.74, 6) is 0.877. The largest absolute Gasteiger partial charge is 0.508 e. The van der Waals surface area contributed by atoms with E-state index in [0.717, 1.165) is 11.3 Å². The van der Waals surface area contributed by atoms with E-state index in [4.69, 9.17) is 4.74 Å². The van der Waals surface area contributed by atoms with Crippen LogP contribution in [0.5, 0.6) is 17.2 Å². The average Bonchev–Trinajstić information content (AvgIpc) is 2.29. The lowest BCUT2D eigenvalue weighted by atomic mass is 10.0. The van der Waals surface area contributed by atoms with Gasteiger partial charge in [0.25, 0.3) is 0 Å². The summed E-state index contributed by atoms with van der Waals surface area (Å²) >= 11 is 0. The van der Waals surface area contributed by atoms with E-state index in [9.17, 15) is 10.2 Å². The number of methoxy groups -OCH3 is 1. The van der Waals surface area contributed by atoms with Crippen LogP contribution < -0.4 is 4.74 Å². The molecule has 0 bridgehead atoms. The number of aromatic hydroxyl groups is 2. The van der Waals surface area contributed by atoms with Crippen molar-refractivity contribution in [2.75, 3.05) is 7.11 Å². The first kappa shape index (κ1) is 10.4.